The molecule has 1 aromatic carbocycles. The molecule has 0 bridgehead atoms. The van der Waals surface area contributed by atoms with Gasteiger partial charge in [0.05, 0.1) is 25.0 Å². The summed E-state index contributed by atoms with van der Waals surface area (Å²) in [5.41, 5.74) is 4.78. The summed E-state index contributed by atoms with van der Waals surface area (Å²) < 4.78 is 6.75. The van der Waals surface area contributed by atoms with Crippen molar-refractivity contribution in [1.29, 1.82) is 0 Å². The first-order chi connectivity index (χ1) is 10.0. The topological polar surface area (TPSA) is 56.1 Å². The fourth-order valence-electron chi connectivity index (χ4n) is 2.24. The summed E-state index contributed by atoms with van der Waals surface area (Å²) in [5.74, 6) is -0.331. The predicted octanol–water partition coefficient (Wildman–Crippen LogP) is 2.83. The lowest BCUT2D eigenvalue weighted by molar-refractivity contribution is 0.0525. The third-order valence-electron chi connectivity index (χ3n) is 3.39. The number of carbonyl (C=O) groups is 1. The molecule has 0 amide bonds. The van der Waals surface area contributed by atoms with Crippen LogP contribution in [0.4, 0.5) is 5.69 Å². The number of nitrogens with zero attached hydrogens (tertiary/aromatic N) is 2. The molecule has 0 atom stereocenters. The minimum absolute atomic E-state index is 0.331. The van der Waals surface area contributed by atoms with Gasteiger partial charge >= 0.3 is 5.97 Å². The lowest BCUT2D eigenvalue weighted by Crippen LogP contribution is -2.12. The summed E-state index contributed by atoms with van der Waals surface area (Å²) in [6.45, 7) is 6.80. The molecule has 2 aromatic rings. The largest absolute Gasteiger partial charge is 0.462 e. The van der Waals surface area contributed by atoms with Crippen molar-refractivity contribution in [3.63, 3.8) is 0 Å². The van der Waals surface area contributed by atoms with Gasteiger partial charge in [0.25, 0.3) is 0 Å². The van der Waals surface area contributed by atoms with Crippen LogP contribution in [-0.4, -0.2) is 22.4 Å². The zero-order chi connectivity index (χ0) is 15.4. The van der Waals surface area contributed by atoms with Crippen molar-refractivity contribution in [1.82, 2.24) is 9.78 Å². The van der Waals surface area contributed by atoms with Crippen LogP contribution >= 0.6 is 0 Å². The second-order valence-corrected chi connectivity index (χ2v) is 5.02. The van der Waals surface area contributed by atoms with Gasteiger partial charge in [-0.25, -0.2) is 4.79 Å². The second kappa shape index (κ2) is 6.43. The van der Waals surface area contributed by atoms with Gasteiger partial charge in [-0.05, 0) is 32.4 Å². The summed E-state index contributed by atoms with van der Waals surface area (Å²) >= 11 is 0. The van der Waals surface area contributed by atoms with Gasteiger partial charge in [0, 0.05) is 12.7 Å². The highest BCUT2D eigenvalue weighted by molar-refractivity contribution is 5.90. The number of aromatic nitrogens is 2. The van der Waals surface area contributed by atoms with Crippen molar-refractivity contribution in [2.24, 2.45) is 7.05 Å². The van der Waals surface area contributed by atoms with Crippen LogP contribution < -0.4 is 5.32 Å². The molecule has 0 aliphatic rings. The van der Waals surface area contributed by atoms with E-state index in [0.717, 1.165) is 11.4 Å². The number of benzene rings is 1. The third-order valence-corrected chi connectivity index (χ3v) is 3.39. The van der Waals surface area contributed by atoms with E-state index in [4.69, 9.17) is 4.74 Å². The molecule has 0 radical (unpaired) electrons. The van der Waals surface area contributed by atoms with Crippen molar-refractivity contribution in [2.45, 2.75) is 27.3 Å². The highest BCUT2D eigenvalue weighted by atomic mass is 16.5. The van der Waals surface area contributed by atoms with Crippen LogP contribution in [-0.2, 0) is 18.3 Å². The molecule has 0 aliphatic carbocycles. The molecule has 5 nitrogen and oxygen atoms in total. The standard InChI is InChI=1S/C16H21N3O2/c1-5-21-16(20)13-9-18-19(4)15(13)10-17-14-7-6-11(2)8-12(14)3/h6-9,17H,5,10H2,1-4H3. The number of nitrogens with one attached hydrogen (secondary N) is 1. The number of ether oxygens (including phenoxy) is 1. The van der Waals surface area contributed by atoms with Crippen molar-refractivity contribution < 1.29 is 9.53 Å². The van der Waals surface area contributed by atoms with E-state index >= 15 is 0 Å². The molecule has 0 unspecified atom stereocenters. The number of esters is 1. The first-order valence-electron chi connectivity index (χ1n) is 7.02. The number of carbonyl (C=O) groups excluding carboxylic acids is 1. The highest BCUT2D eigenvalue weighted by Gasteiger charge is 2.17. The number of hydrogen-bond acceptors (Lipinski definition) is 4. The minimum atomic E-state index is -0.331. The maximum atomic E-state index is 11.9. The number of aryl methyl sites for hydroxylation is 3. The predicted molar refractivity (Wildman–Crippen MR) is 82.4 cm³/mol. The van der Waals surface area contributed by atoms with Gasteiger partial charge in [-0.1, -0.05) is 17.7 Å². The second-order valence-electron chi connectivity index (χ2n) is 5.02. The molecule has 0 spiro atoms. The monoisotopic (exact) mass is 287 g/mol. The van der Waals surface area contributed by atoms with Crippen molar-refractivity contribution >= 4 is 11.7 Å². The molecule has 5 heteroatoms. The molecule has 21 heavy (non-hydrogen) atoms. The molecule has 112 valence electrons. The maximum Gasteiger partial charge on any atom is 0.341 e. The normalized spacial score (nSPS) is 10.5. The summed E-state index contributed by atoms with van der Waals surface area (Å²) in [5, 5.41) is 7.50. The van der Waals surface area contributed by atoms with Crippen molar-refractivity contribution in [2.75, 3.05) is 11.9 Å². The number of hydrogen-bond donors (Lipinski definition) is 1. The molecule has 0 fully saturated rings. The molecule has 0 aliphatic heterocycles. The molecule has 0 saturated carbocycles. The van der Waals surface area contributed by atoms with Crippen LogP contribution in [0.5, 0.6) is 0 Å². The lowest BCUT2D eigenvalue weighted by atomic mass is 10.1. The minimum Gasteiger partial charge on any atom is -0.462 e. The Bertz CT molecular complexity index is 647. The number of anilines is 1. The Morgan fingerprint density at radius 3 is 2.81 bits per heavy atom. The Hall–Kier alpha value is -2.30. The zero-order valence-electron chi connectivity index (χ0n) is 12.9. The number of rotatable bonds is 5. The molecule has 2 rings (SSSR count). The van der Waals surface area contributed by atoms with E-state index in [-0.39, 0.29) is 5.97 Å². The average Bonchev–Trinajstić information content (AvgIpc) is 2.79. The summed E-state index contributed by atoms with van der Waals surface area (Å²) in [6, 6.07) is 6.23. The van der Waals surface area contributed by atoms with Gasteiger partial charge in [-0.3, -0.25) is 4.68 Å². The molecule has 1 N–H and O–H groups in total. The van der Waals surface area contributed by atoms with Crippen molar-refractivity contribution in [3.8, 4) is 0 Å². The van der Waals surface area contributed by atoms with Crippen LogP contribution in [0.1, 0.15) is 34.1 Å². The summed E-state index contributed by atoms with van der Waals surface area (Å²) in [7, 11) is 1.82. The third kappa shape index (κ3) is 3.42. The van der Waals surface area contributed by atoms with Crippen LogP contribution in [0.3, 0.4) is 0 Å². The Kier molecular flexibility index (Phi) is 4.62. The van der Waals surface area contributed by atoms with E-state index in [2.05, 4.69) is 36.4 Å². The highest BCUT2D eigenvalue weighted by Crippen LogP contribution is 2.18. The van der Waals surface area contributed by atoms with Crippen LogP contribution in [0.2, 0.25) is 0 Å². The van der Waals surface area contributed by atoms with Gasteiger partial charge in [0.1, 0.15) is 5.56 Å². The zero-order valence-corrected chi connectivity index (χ0v) is 12.9. The van der Waals surface area contributed by atoms with Gasteiger partial charge in [-0.2, -0.15) is 5.10 Å². The molecule has 0 saturated heterocycles. The first-order valence-corrected chi connectivity index (χ1v) is 7.02. The quantitative estimate of drug-likeness (QED) is 0.859. The van der Waals surface area contributed by atoms with E-state index in [1.54, 1.807) is 17.8 Å². The van der Waals surface area contributed by atoms with Gasteiger partial charge in [0.15, 0.2) is 0 Å². The first kappa shape index (κ1) is 15.1. The lowest BCUT2D eigenvalue weighted by Gasteiger charge is -2.11. The van der Waals surface area contributed by atoms with Crippen LogP contribution in [0, 0.1) is 13.8 Å². The van der Waals surface area contributed by atoms with E-state index in [1.165, 1.54) is 11.1 Å². The molecule has 1 aromatic heterocycles. The SMILES string of the molecule is CCOC(=O)c1cnn(C)c1CNc1ccc(C)cc1C. The Morgan fingerprint density at radius 1 is 1.38 bits per heavy atom. The maximum absolute atomic E-state index is 11.9. The van der Waals surface area contributed by atoms with Gasteiger partial charge in [0.2, 0.25) is 0 Å². The average molecular weight is 287 g/mol. The Morgan fingerprint density at radius 2 is 2.14 bits per heavy atom. The van der Waals surface area contributed by atoms with E-state index in [0.29, 0.717) is 18.7 Å². The van der Waals surface area contributed by atoms with E-state index in [1.807, 2.05) is 13.1 Å². The molecular weight excluding hydrogens is 266 g/mol. The Balaban J connectivity index is 2.16. The van der Waals surface area contributed by atoms with Crippen molar-refractivity contribution in [3.05, 3.63) is 46.8 Å². The molecular formula is C16H21N3O2. The van der Waals surface area contributed by atoms with Crippen LogP contribution in [0.15, 0.2) is 24.4 Å². The van der Waals surface area contributed by atoms with E-state index < -0.39 is 0 Å². The van der Waals surface area contributed by atoms with Gasteiger partial charge < -0.3 is 10.1 Å². The Labute approximate surface area is 124 Å². The summed E-state index contributed by atoms with van der Waals surface area (Å²) in [6.07, 6.45) is 1.55. The smallest absolute Gasteiger partial charge is 0.341 e. The molecule has 1 heterocycles. The fraction of sp³-hybridized carbons (Fsp3) is 0.375. The van der Waals surface area contributed by atoms with Crippen LogP contribution in [0.25, 0.3) is 0 Å². The van der Waals surface area contributed by atoms with Gasteiger partial charge in [-0.15, -0.1) is 0 Å². The fourth-order valence-corrected chi connectivity index (χ4v) is 2.24. The summed E-state index contributed by atoms with van der Waals surface area (Å²) in [4.78, 5) is 11.9. The van der Waals surface area contributed by atoms with E-state index in [9.17, 15) is 4.79 Å².